The van der Waals surface area contributed by atoms with Crippen LogP contribution in [-0.2, 0) is 4.79 Å². The summed E-state index contributed by atoms with van der Waals surface area (Å²) in [6, 6.07) is 4.85. The first-order valence-electron chi connectivity index (χ1n) is 11.9. The van der Waals surface area contributed by atoms with E-state index in [1.54, 1.807) is 0 Å². The van der Waals surface area contributed by atoms with Crippen LogP contribution >= 0.6 is 0 Å². The average Bonchev–Trinajstić information content (AvgIpc) is 3.06. The Morgan fingerprint density at radius 2 is 1.70 bits per heavy atom. The number of aryl methyl sites for hydroxylation is 2. The third-order valence-electron chi connectivity index (χ3n) is 10.0. The number of aromatic hydroxyl groups is 1. The summed E-state index contributed by atoms with van der Waals surface area (Å²) in [5.74, 6) is 3.44. The third kappa shape index (κ3) is 2.59. The Labute approximate surface area is 181 Å². The number of benzene rings is 1. The molecule has 0 spiro atoms. The highest BCUT2D eigenvalue weighted by Gasteiger charge is 2.60. The molecule has 1 N–H and O–H groups in total. The molecule has 0 bridgehead atoms. The van der Waals surface area contributed by atoms with Gasteiger partial charge in [0, 0.05) is 18.5 Å². The standard InChI is InChI=1S/C27H37NO2/c1-16-14-18(15-17(2)25(16)30)20-7-8-21-19-6-9-23-27(4,13-11-24(29)28(23)5)22(19)10-12-26(20,21)3/h11,13-15,19-23,30H,6-10,12H2,1-5H3/t19-,20?,21-,22+,23?,26+,27+/m0/s1. The number of fused-ring (bicyclic) bond motifs is 5. The number of phenols is 1. The minimum Gasteiger partial charge on any atom is -0.507 e. The van der Waals surface area contributed by atoms with Gasteiger partial charge in [-0.2, -0.15) is 0 Å². The highest BCUT2D eigenvalue weighted by molar-refractivity contribution is 5.89. The molecule has 1 aromatic rings. The first-order valence-corrected chi connectivity index (χ1v) is 11.9. The number of nitrogens with zero attached hydrogens (tertiary/aromatic N) is 1. The van der Waals surface area contributed by atoms with Crippen molar-refractivity contribution in [1.82, 2.24) is 4.90 Å². The second-order valence-electron chi connectivity index (χ2n) is 11.3. The second kappa shape index (κ2) is 6.61. The van der Waals surface area contributed by atoms with Crippen LogP contribution in [0.15, 0.2) is 24.3 Å². The Balaban J connectivity index is 1.47. The van der Waals surface area contributed by atoms with Crippen LogP contribution in [-0.4, -0.2) is 29.0 Å². The lowest BCUT2D eigenvalue weighted by Crippen LogP contribution is -2.59. The Bertz CT molecular complexity index is 896. The molecule has 7 atom stereocenters. The van der Waals surface area contributed by atoms with E-state index in [0.717, 1.165) is 29.4 Å². The molecule has 3 aliphatic carbocycles. The van der Waals surface area contributed by atoms with Crippen LogP contribution in [0, 0.1) is 42.4 Å². The lowest BCUT2D eigenvalue weighted by atomic mass is 9.47. The number of likely N-dealkylation sites (N-methyl/N-ethyl adjacent to an activating group) is 1. The summed E-state index contributed by atoms with van der Waals surface area (Å²) in [6.45, 7) is 9.05. The maximum absolute atomic E-state index is 12.3. The van der Waals surface area contributed by atoms with E-state index in [9.17, 15) is 9.90 Å². The van der Waals surface area contributed by atoms with Crippen molar-refractivity contribution in [2.24, 2.45) is 28.6 Å². The molecular formula is C27H37NO2. The van der Waals surface area contributed by atoms with E-state index >= 15 is 0 Å². The van der Waals surface area contributed by atoms with Crippen molar-refractivity contribution in [1.29, 1.82) is 0 Å². The minimum absolute atomic E-state index is 0.122. The Kier molecular flexibility index (Phi) is 4.44. The molecule has 1 aliphatic heterocycles. The third-order valence-corrected chi connectivity index (χ3v) is 10.0. The lowest BCUT2D eigenvalue weighted by Gasteiger charge is -2.60. The summed E-state index contributed by atoms with van der Waals surface area (Å²) in [5, 5.41) is 10.3. The number of carbonyl (C=O) groups is 1. The van der Waals surface area contributed by atoms with Gasteiger partial charge in [0.1, 0.15) is 5.75 Å². The quantitative estimate of drug-likeness (QED) is 0.646. The van der Waals surface area contributed by atoms with E-state index in [2.05, 4.69) is 32.1 Å². The lowest BCUT2D eigenvalue weighted by molar-refractivity contribution is -0.138. The summed E-state index contributed by atoms with van der Waals surface area (Å²) >= 11 is 0. The van der Waals surface area contributed by atoms with Crippen molar-refractivity contribution in [3.05, 3.63) is 41.0 Å². The summed E-state index contributed by atoms with van der Waals surface area (Å²) in [7, 11) is 2.00. The number of carbonyl (C=O) groups excluding carboxylic acids is 1. The van der Waals surface area contributed by atoms with Gasteiger partial charge in [-0.3, -0.25) is 4.79 Å². The maximum Gasteiger partial charge on any atom is 0.246 e. The zero-order valence-corrected chi connectivity index (χ0v) is 19.2. The van der Waals surface area contributed by atoms with Crippen LogP contribution in [0.25, 0.3) is 0 Å². The second-order valence-corrected chi connectivity index (χ2v) is 11.3. The SMILES string of the molecule is Cc1cc(C2CC[C@H]3[C@@H]4CCC5N(C)C(=O)C=C[C@]5(C)[C@@H]4CC[C@]23C)cc(C)c1O. The molecule has 5 rings (SSSR count). The van der Waals surface area contributed by atoms with Crippen molar-refractivity contribution < 1.29 is 9.90 Å². The van der Waals surface area contributed by atoms with Crippen molar-refractivity contribution in [3.8, 4) is 5.75 Å². The molecule has 3 saturated carbocycles. The van der Waals surface area contributed by atoms with E-state index in [1.807, 2.05) is 31.9 Å². The number of hydrogen-bond acceptors (Lipinski definition) is 2. The first kappa shape index (κ1) is 20.2. The minimum atomic E-state index is 0.122. The number of hydrogen-bond donors (Lipinski definition) is 1. The van der Waals surface area contributed by atoms with E-state index in [1.165, 1.54) is 37.7 Å². The van der Waals surface area contributed by atoms with Gasteiger partial charge in [0.15, 0.2) is 0 Å². The predicted octanol–water partition coefficient (Wildman–Crippen LogP) is 5.73. The van der Waals surface area contributed by atoms with Crippen molar-refractivity contribution in [2.45, 2.75) is 78.2 Å². The fourth-order valence-corrected chi connectivity index (χ4v) is 8.48. The van der Waals surface area contributed by atoms with Gasteiger partial charge in [-0.15, -0.1) is 0 Å². The van der Waals surface area contributed by atoms with Crippen LogP contribution in [0.5, 0.6) is 5.75 Å². The highest BCUT2D eigenvalue weighted by Crippen LogP contribution is 2.67. The molecule has 1 aromatic carbocycles. The van der Waals surface area contributed by atoms with Gasteiger partial charge in [0.25, 0.3) is 0 Å². The number of phenolic OH excluding ortho intramolecular Hbond substituents is 1. The van der Waals surface area contributed by atoms with E-state index in [0.29, 0.717) is 29.0 Å². The molecule has 1 amide bonds. The van der Waals surface area contributed by atoms with E-state index < -0.39 is 0 Å². The molecule has 0 saturated heterocycles. The highest BCUT2D eigenvalue weighted by atomic mass is 16.3. The molecule has 162 valence electrons. The van der Waals surface area contributed by atoms with Crippen LogP contribution < -0.4 is 0 Å². The topological polar surface area (TPSA) is 40.5 Å². The normalized spacial score (nSPS) is 42.6. The zero-order chi connectivity index (χ0) is 21.4. The van der Waals surface area contributed by atoms with Gasteiger partial charge >= 0.3 is 0 Å². The molecule has 3 nitrogen and oxygen atoms in total. The van der Waals surface area contributed by atoms with Gasteiger partial charge in [0.2, 0.25) is 5.91 Å². The van der Waals surface area contributed by atoms with Crippen molar-refractivity contribution >= 4 is 5.91 Å². The molecule has 30 heavy (non-hydrogen) atoms. The Hall–Kier alpha value is -1.77. The summed E-state index contributed by atoms with van der Waals surface area (Å²) in [4.78, 5) is 14.3. The van der Waals surface area contributed by atoms with Gasteiger partial charge in [-0.1, -0.05) is 32.1 Å². The maximum atomic E-state index is 12.3. The molecule has 2 unspecified atom stereocenters. The monoisotopic (exact) mass is 407 g/mol. The molecule has 3 fully saturated rings. The molecule has 0 aromatic heterocycles. The predicted molar refractivity (Wildman–Crippen MR) is 120 cm³/mol. The summed E-state index contributed by atoms with van der Waals surface area (Å²) in [5.41, 5.74) is 3.93. The first-order chi connectivity index (χ1) is 14.2. The molecule has 3 heteroatoms. The number of amides is 1. The van der Waals surface area contributed by atoms with Crippen LogP contribution in [0.1, 0.15) is 75.0 Å². The van der Waals surface area contributed by atoms with Crippen LogP contribution in [0.3, 0.4) is 0 Å². The molecular weight excluding hydrogens is 370 g/mol. The van der Waals surface area contributed by atoms with Crippen LogP contribution in [0.2, 0.25) is 0 Å². The molecule has 4 aliphatic rings. The fourth-order valence-electron chi connectivity index (χ4n) is 8.48. The molecule has 0 radical (unpaired) electrons. The Morgan fingerprint density at radius 1 is 1.00 bits per heavy atom. The number of rotatable bonds is 1. The van der Waals surface area contributed by atoms with Gasteiger partial charge in [0.05, 0.1) is 0 Å². The van der Waals surface area contributed by atoms with Crippen molar-refractivity contribution in [3.63, 3.8) is 0 Å². The Morgan fingerprint density at radius 3 is 2.40 bits per heavy atom. The van der Waals surface area contributed by atoms with Gasteiger partial charge in [-0.05, 0) is 104 Å². The van der Waals surface area contributed by atoms with E-state index in [-0.39, 0.29) is 11.3 Å². The van der Waals surface area contributed by atoms with Crippen LogP contribution in [0.4, 0.5) is 0 Å². The summed E-state index contributed by atoms with van der Waals surface area (Å²) < 4.78 is 0. The van der Waals surface area contributed by atoms with Gasteiger partial charge < -0.3 is 10.0 Å². The van der Waals surface area contributed by atoms with E-state index in [4.69, 9.17) is 0 Å². The van der Waals surface area contributed by atoms with Gasteiger partial charge in [-0.25, -0.2) is 0 Å². The average molecular weight is 408 g/mol. The largest absolute Gasteiger partial charge is 0.507 e. The molecule has 1 heterocycles. The van der Waals surface area contributed by atoms with Crippen molar-refractivity contribution in [2.75, 3.05) is 7.05 Å². The summed E-state index contributed by atoms with van der Waals surface area (Å²) in [6.07, 6.45) is 11.6. The fraction of sp³-hybridized carbons (Fsp3) is 0.667. The zero-order valence-electron chi connectivity index (χ0n) is 19.2. The smallest absolute Gasteiger partial charge is 0.246 e.